The molecule has 4 rings (SSSR count). The van der Waals surface area contributed by atoms with E-state index < -0.39 is 0 Å². The average Bonchev–Trinajstić information content (AvgIpc) is 2.92. The number of rotatable bonds is 2. The van der Waals surface area contributed by atoms with Crippen molar-refractivity contribution in [2.75, 3.05) is 0 Å². The van der Waals surface area contributed by atoms with Crippen molar-refractivity contribution in [2.24, 2.45) is 39.9 Å². The fourth-order valence-electron chi connectivity index (χ4n) is 8.10. The molecule has 0 aromatic carbocycles. The Morgan fingerprint density at radius 1 is 1.04 bits per heavy atom. The first kappa shape index (κ1) is 17.2. The maximum Gasteiger partial charge on any atom is -0.00597 e. The Morgan fingerprint density at radius 3 is 2.54 bits per heavy atom. The van der Waals surface area contributed by atoms with Gasteiger partial charge in [-0.25, -0.2) is 0 Å². The summed E-state index contributed by atoms with van der Waals surface area (Å²) in [5.41, 5.74) is 3.64. The lowest BCUT2D eigenvalue weighted by Crippen LogP contribution is -2.51. The maximum atomic E-state index is 2.80. The highest BCUT2D eigenvalue weighted by Crippen LogP contribution is 2.69. The van der Waals surface area contributed by atoms with Gasteiger partial charge in [-0.1, -0.05) is 65.5 Å². The molecule has 3 unspecified atom stereocenters. The molecule has 3 saturated carbocycles. The van der Waals surface area contributed by atoms with Gasteiger partial charge in [-0.15, -0.1) is 0 Å². The highest BCUT2D eigenvalue weighted by Gasteiger charge is 2.59. The van der Waals surface area contributed by atoms with Gasteiger partial charge in [0.1, 0.15) is 0 Å². The van der Waals surface area contributed by atoms with Crippen LogP contribution in [0, 0.1) is 39.9 Å². The lowest BCUT2D eigenvalue weighted by atomic mass is 9.44. The lowest BCUT2D eigenvalue weighted by Gasteiger charge is -2.61. The Kier molecular flexibility index (Phi) is 4.02. The molecule has 0 aromatic rings. The van der Waals surface area contributed by atoms with Crippen molar-refractivity contribution in [1.82, 2.24) is 0 Å². The van der Waals surface area contributed by atoms with Crippen molar-refractivity contribution < 1.29 is 0 Å². The van der Waals surface area contributed by atoms with Gasteiger partial charge >= 0.3 is 0 Å². The summed E-state index contributed by atoms with van der Waals surface area (Å²) in [4.78, 5) is 0. The summed E-state index contributed by atoms with van der Waals surface area (Å²) in [7, 11) is 0. The SMILES string of the molecule is CC[C@@H](C)[C@H]1CCC2C3CC[C@]4(C)CCCCC4(C)C3=CC[C@@]21C. The van der Waals surface area contributed by atoms with E-state index in [2.05, 4.69) is 40.7 Å². The van der Waals surface area contributed by atoms with Gasteiger partial charge in [0.15, 0.2) is 0 Å². The second-order valence-corrected chi connectivity index (χ2v) is 10.8. The van der Waals surface area contributed by atoms with E-state index >= 15 is 0 Å². The molecule has 0 heterocycles. The predicted octanol–water partition coefficient (Wildman–Crippen LogP) is 7.39. The first-order valence-electron chi connectivity index (χ1n) is 11.1. The largest absolute Gasteiger partial charge is 0.0839 e. The molecule has 0 aliphatic heterocycles. The van der Waals surface area contributed by atoms with Crippen LogP contribution in [0.15, 0.2) is 11.6 Å². The summed E-state index contributed by atoms with van der Waals surface area (Å²) >= 11 is 0. The smallest absolute Gasteiger partial charge is 0.00597 e. The van der Waals surface area contributed by atoms with E-state index in [0.29, 0.717) is 16.2 Å². The molecule has 3 fully saturated rings. The Labute approximate surface area is 150 Å². The zero-order valence-electron chi connectivity index (χ0n) is 17.0. The third-order valence-corrected chi connectivity index (χ3v) is 10.1. The molecular weight excluding hydrogens is 288 g/mol. The molecule has 0 spiro atoms. The molecule has 0 N–H and O–H groups in total. The molecule has 136 valence electrons. The normalized spacial score (nSPS) is 52.0. The van der Waals surface area contributed by atoms with Crippen LogP contribution < -0.4 is 0 Å². The minimum atomic E-state index is 0.518. The number of hydrogen-bond donors (Lipinski definition) is 0. The van der Waals surface area contributed by atoms with Crippen molar-refractivity contribution in [3.05, 3.63) is 11.6 Å². The predicted molar refractivity (Wildman–Crippen MR) is 104 cm³/mol. The number of fused-ring (bicyclic) bond motifs is 5. The van der Waals surface area contributed by atoms with Gasteiger partial charge < -0.3 is 0 Å². The van der Waals surface area contributed by atoms with E-state index in [0.717, 1.165) is 23.7 Å². The fourth-order valence-corrected chi connectivity index (χ4v) is 8.10. The molecule has 24 heavy (non-hydrogen) atoms. The topological polar surface area (TPSA) is 0 Å². The van der Waals surface area contributed by atoms with E-state index in [4.69, 9.17) is 0 Å². The standard InChI is InChI=1S/C24H40/c1-6-17(2)19-9-10-20-18-11-15-22(3)13-7-8-14-24(22,5)21(18)12-16-23(19,20)4/h12,17-20H,6-11,13-16H2,1-5H3/t17-,18?,19-,20?,22+,23-,24?/m1/s1. The van der Waals surface area contributed by atoms with Crippen molar-refractivity contribution >= 4 is 0 Å². The van der Waals surface area contributed by atoms with E-state index in [1.165, 1.54) is 64.2 Å². The zero-order valence-corrected chi connectivity index (χ0v) is 17.0. The third-order valence-electron chi connectivity index (χ3n) is 10.1. The van der Waals surface area contributed by atoms with Gasteiger partial charge in [0, 0.05) is 0 Å². The molecule has 0 bridgehead atoms. The van der Waals surface area contributed by atoms with Crippen molar-refractivity contribution in [3.8, 4) is 0 Å². The molecule has 7 atom stereocenters. The summed E-state index contributed by atoms with van der Waals surface area (Å²) in [6.45, 7) is 12.9. The van der Waals surface area contributed by atoms with E-state index in [1.54, 1.807) is 0 Å². The first-order valence-corrected chi connectivity index (χ1v) is 11.1. The van der Waals surface area contributed by atoms with Crippen molar-refractivity contribution in [3.63, 3.8) is 0 Å². The quantitative estimate of drug-likeness (QED) is 0.463. The van der Waals surface area contributed by atoms with Crippen LogP contribution in [0.4, 0.5) is 0 Å². The van der Waals surface area contributed by atoms with E-state index in [9.17, 15) is 0 Å². The lowest BCUT2D eigenvalue weighted by molar-refractivity contribution is -0.0326. The Bertz CT molecular complexity index is 530. The van der Waals surface area contributed by atoms with Crippen molar-refractivity contribution in [1.29, 1.82) is 0 Å². The van der Waals surface area contributed by atoms with Gasteiger partial charge in [-0.2, -0.15) is 0 Å². The van der Waals surface area contributed by atoms with Gasteiger partial charge in [0.2, 0.25) is 0 Å². The Morgan fingerprint density at radius 2 is 1.79 bits per heavy atom. The first-order chi connectivity index (χ1) is 11.4. The van der Waals surface area contributed by atoms with Gasteiger partial charge in [-0.3, -0.25) is 0 Å². The highest BCUT2D eigenvalue weighted by molar-refractivity contribution is 5.30. The average molecular weight is 329 g/mol. The second-order valence-electron chi connectivity index (χ2n) is 10.8. The van der Waals surface area contributed by atoms with Crippen LogP contribution in [0.2, 0.25) is 0 Å². The minimum absolute atomic E-state index is 0.518. The molecule has 0 aromatic heterocycles. The summed E-state index contributed by atoms with van der Waals surface area (Å²) in [5.74, 6) is 3.79. The molecule has 0 saturated heterocycles. The number of allylic oxidation sites excluding steroid dienone is 2. The molecule has 0 heteroatoms. The molecule has 0 radical (unpaired) electrons. The third kappa shape index (κ3) is 2.10. The Hall–Kier alpha value is -0.260. The zero-order chi connectivity index (χ0) is 17.2. The van der Waals surface area contributed by atoms with Gasteiger partial charge in [0.05, 0.1) is 0 Å². The van der Waals surface area contributed by atoms with Crippen LogP contribution in [-0.2, 0) is 0 Å². The second kappa shape index (κ2) is 5.62. The van der Waals surface area contributed by atoms with Crippen LogP contribution in [0.3, 0.4) is 0 Å². The van der Waals surface area contributed by atoms with Crippen LogP contribution in [0.25, 0.3) is 0 Å². The maximum absolute atomic E-state index is 2.80. The van der Waals surface area contributed by atoms with Crippen LogP contribution in [0.1, 0.15) is 98.8 Å². The van der Waals surface area contributed by atoms with Crippen molar-refractivity contribution in [2.45, 2.75) is 98.8 Å². The molecular formula is C24H40. The van der Waals surface area contributed by atoms with E-state index in [-0.39, 0.29) is 0 Å². The van der Waals surface area contributed by atoms with Crippen LogP contribution >= 0.6 is 0 Å². The van der Waals surface area contributed by atoms with E-state index in [1.807, 2.05) is 5.57 Å². The van der Waals surface area contributed by atoms with Crippen LogP contribution in [0.5, 0.6) is 0 Å². The summed E-state index contributed by atoms with van der Waals surface area (Å²) in [6, 6.07) is 0. The molecule has 4 aliphatic rings. The van der Waals surface area contributed by atoms with Gasteiger partial charge in [0.25, 0.3) is 0 Å². The fraction of sp³-hybridized carbons (Fsp3) is 0.917. The molecule has 0 amide bonds. The molecule has 4 aliphatic carbocycles. The van der Waals surface area contributed by atoms with Gasteiger partial charge in [-0.05, 0) is 84.9 Å². The van der Waals surface area contributed by atoms with Crippen LogP contribution in [-0.4, -0.2) is 0 Å². The molecule has 0 nitrogen and oxygen atoms in total. The Balaban J connectivity index is 1.70. The highest BCUT2D eigenvalue weighted by atomic mass is 14.6. The summed E-state index contributed by atoms with van der Waals surface area (Å²) in [6.07, 6.45) is 17.4. The minimum Gasteiger partial charge on any atom is -0.0839 e. The number of hydrogen-bond acceptors (Lipinski definition) is 0. The summed E-state index contributed by atoms with van der Waals surface area (Å²) < 4.78 is 0. The summed E-state index contributed by atoms with van der Waals surface area (Å²) in [5, 5.41) is 0. The monoisotopic (exact) mass is 328 g/mol.